The van der Waals surface area contributed by atoms with Crippen LogP contribution in [0.4, 0.5) is 25.8 Å². The minimum atomic E-state index is -0.765. The number of nitrogens with two attached hydrogens (primary N) is 1. The minimum absolute atomic E-state index is 0.0924. The third-order valence-corrected chi connectivity index (χ3v) is 2.15. The molecule has 0 radical (unpaired) electrons. The van der Waals surface area contributed by atoms with Gasteiger partial charge in [0.1, 0.15) is 5.82 Å². The summed E-state index contributed by atoms with van der Waals surface area (Å²) in [6, 6.07) is 10.9. The molecule has 0 spiro atoms. The first kappa shape index (κ1) is 10.4. The van der Waals surface area contributed by atoms with E-state index < -0.39 is 11.6 Å². The zero-order valence-corrected chi connectivity index (χ0v) is 8.37. The van der Waals surface area contributed by atoms with E-state index in [9.17, 15) is 8.78 Å². The van der Waals surface area contributed by atoms with Gasteiger partial charge in [0.15, 0.2) is 5.82 Å². The van der Waals surface area contributed by atoms with Gasteiger partial charge in [0.05, 0.1) is 11.4 Å². The van der Waals surface area contributed by atoms with Gasteiger partial charge in [-0.25, -0.2) is 8.78 Å². The van der Waals surface area contributed by atoms with Gasteiger partial charge < -0.3 is 11.1 Å². The Morgan fingerprint density at radius 2 is 1.69 bits per heavy atom. The largest absolute Gasteiger partial charge is 0.395 e. The van der Waals surface area contributed by atoms with Crippen LogP contribution in [-0.4, -0.2) is 0 Å². The SMILES string of the molecule is Nc1c(F)cc(F)cc1Nc1ccccc1. The maximum Gasteiger partial charge on any atom is 0.151 e. The van der Waals surface area contributed by atoms with Crippen molar-refractivity contribution in [3.63, 3.8) is 0 Å². The molecule has 4 heteroatoms. The van der Waals surface area contributed by atoms with Gasteiger partial charge >= 0.3 is 0 Å². The van der Waals surface area contributed by atoms with Crippen LogP contribution in [0.25, 0.3) is 0 Å². The second kappa shape index (κ2) is 4.18. The van der Waals surface area contributed by atoms with Crippen LogP contribution >= 0.6 is 0 Å². The van der Waals surface area contributed by atoms with Crippen LogP contribution in [0.15, 0.2) is 42.5 Å². The van der Waals surface area contributed by atoms with Gasteiger partial charge in [-0.3, -0.25) is 0 Å². The fourth-order valence-corrected chi connectivity index (χ4v) is 1.37. The Morgan fingerprint density at radius 3 is 2.38 bits per heavy atom. The van der Waals surface area contributed by atoms with Gasteiger partial charge in [-0.1, -0.05) is 18.2 Å². The highest BCUT2D eigenvalue weighted by atomic mass is 19.1. The lowest BCUT2D eigenvalue weighted by atomic mass is 10.2. The summed E-state index contributed by atoms with van der Waals surface area (Å²) < 4.78 is 26.1. The highest BCUT2D eigenvalue weighted by Gasteiger charge is 2.07. The Bertz CT molecular complexity index is 498. The number of hydrogen-bond acceptors (Lipinski definition) is 2. The van der Waals surface area contributed by atoms with Crippen LogP contribution in [0.1, 0.15) is 0 Å². The normalized spacial score (nSPS) is 10.1. The van der Waals surface area contributed by atoms with E-state index in [1.165, 1.54) is 0 Å². The summed E-state index contributed by atoms with van der Waals surface area (Å²) in [6.07, 6.45) is 0. The van der Waals surface area contributed by atoms with Crippen molar-refractivity contribution < 1.29 is 8.78 Å². The Hall–Kier alpha value is -2.10. The molecule has 0 heterocycles. The second-order valence-corrected chi connectivity index (χ2v) is 3.34. The molecule has 0 aliphatic carbocycles. The zero-order valence-electron chi connectivity index (χ0n) is 8.37. The third kappa shape index (κ3) is 2.11. The molecule has 0 aliphatic rings. The van der Waals surface area contributed by atoms with Crippen LogP contribution < -0.4 is 11.1 Å². The number of hydrogen-bond donors (Lipinski definition) is 2. The Kier molecular flexibility index (Phi) is 2.72. The van der Waals surface area contributed by atoms with Crippen LogP contribution in [0.3, 0.4) is 0 Å². The number of anilines is 3. The van der Waals surface area contributed by atoms with Gasteiger partial charge in [-0.05, 0) is 18.2 Å². The average Bonchev–Trinajstić information content (AvgIpc) is 2.27. The van der Waals surface area contributed by atoms with Gasteiger partial charge in [-0.2, -0.15) is 0 Å². The molecule has 0 bridgehead atoms. The molecule has 0 saturated carbocycles. The van der Waals surface area contributed by atoms with E-state index in [-0.39, 0.29) is 11.4 Å². The molecule has 0 atom stereocenters. The van der Waals surface area contributed by atoms with E-state index in [1.807, 2.05) is 18.2 Å². The van der Waals surface area contributed by atoms with Crippen LogP contribution in [-0.2, 0) is 0 Å². The highest BCUT2D eigenvalue weighted by Crippen LogP contribution is 2.26. The van der Waals surface area contributed by atoms with Crippen molar-refractivity contribution in [3.8, 4) is 0 Å². The maximum absolute atomic E-state index is 13.1. The lowest BCUT2D eigenvalue weighted by Crippen LogP contribution is -2.00. The molecule has 2 rings (SSSR count). The summed E-state index contributed by atoms with van der Waals surface area (Å²) in [7, 11) is 0. The number of benzene rings is 2. The Labute approximate surface area is 91.7 Å². The first-order valence-electron chi connectivity index (χ1n) is 4.73. The van der Waals surface area contributed by atoms with Gasteiger partial charge in [0, 0.05) is 11.8 Å². The molecule has 0 saturated heterocycles. The van der Waals surface area contributed by atoms with Crippen LogP contribution in [0, 0.1) is 11.6 Å². The second-order valence-electron chi connectivity index (χ2n) is 3.34. The quantitative estimate of drug-likeness (QED) is 0.762. The summed E-state index contributed by atoms with van der Waals surface area (Å²) in [6.45, 7) is 0. The number of para-hydroxylation sites is 1. The van der Waals surface area contributed by atoms with Crippen molar-refractivity contribution in [2.45, 2.75) is 0 Å². The van der Waals surface area contributed by atoms with E-state index in [2.05, 4.69) is 5.32 Å². The molecule has 2 aromatic rings. The lowest BCUT2D eigenvalue weighted by Gasteiger charge is -2.09. The molecule has 3 N–H and O–H groups in total. The molecule has 2 aromatic carbocycles. The number of nitrogens with one attached hydrogen (secondary N) is 1. The number of halogens is 2. The molecule has 0 aromatic heterocycles. The minimum Gasteiger partial charge on any atom is -0.395 e. The van der Waals surface area contributed by atoms with Gasteiger partial charge in [0.2, 0.25) is 0 Å². The molecule has 16 heavy (non-hydrogen) atoms. The Balaban J connectivity index is 2.35. The first-order valence-corrected chi connectivity index (χ1v) is 4.73. The average molecular weight is 220 g/mol. The van der Waals surface area contributed by atoms with Crippen molar-refractivity contribution in [2.24, 2.45) is 0 Å². The Morgan fingerprint density at radius 1 is 1.00 bits per heavy atom. The van der Waals surface area contributed by atoms with E-state index >= 15 is 0 Å². The smallest absolute Gasteiger partial charge is 0.151 e. The van der Waals surface area contributed by atoms with Gasteiger partial charge in [0.25, 0.3) is 0 Å². The molecule has 82 valence electrons. The summed E-state index contributed by atoms with van der Waals surface area (Å²) in [5, 5.41) is 2.85. The monoisotopic (exact) mass is 220 g/mol. The predicted molar refractivity (Wildman–Crippen MR) is 60.5 cm³/mol. The fourth-order valence-electron chi connectivity index (χ4n) is 1.37. The number of nitrogen functional groups attached to an aromatic ring is 1. The summed E-state index contributed by atoms with van der Waals surface area (Å²) in [5.41, 5.74) is 6.35. The van der Waals surface area contributed by atoms with Crippen molar-refractivity contribution >= 4 is 17.1 Å². The van der Waals surface area contributed by atoms with Crippen LogP contribution in [0.2, 0.25) is 0 Å². The molecule has 2 nitrogen and oxygen atoms in total. The molecule has 0 amide bonds. The maximum atomic E-state index is 13.1. The number of rotatable bonds is 2. The highest BCUT2D eigenvalue weighted by molar-refractivity contribution is 5.72. The predicted octanol–water partition coefficient (Wildman–Crippen LogP) is 3.29. The standard InChI is InChI=1S/C12H10F2N2/c13-8-6-10(14)12(15)11(7-8)16-9-4-2-1-3-5-9/h1-7,16H,15H2. The first-order chi connectivity index (χ1) is 7.66. The van der Waals surface area contributed by atoms with E-state index in [0.29, 0.717) is 0 Å². The molecule has 0 aliphatic heterocycles. The molecule has 0 fully saturated rings. The lowest BCUT2D eigenvalue weighted by molar-refractivity contribution is 0.587. The fraction of sp³-hybridized carbons (Fsp3) is 0. The van der Waals surface area contributed by atoms with Crippen molar-refractivity contribution in [3.05, 3.63) is 54.1 Å². The molecular formula is C12H10F2N2. The van der Waals surface area contributed by atoms with Crippen molar-refractivity contribution in [1.29, 1.82) is 0 Å². The topological polar surface area (TPSA) is 38.0 Å². The zero-order chi connectivity index (χ0) is 11.5. The van der Waals surface area contributed by atoms with E-state index in [1.54, 1.807) is 12.1 Å². The van der Waals surface area contributed by atoms with Gasteiger partial charge in [-0.15, -0.1) is 0 Å². The third-order valence-electron chi connectivity index (χ3n) is 2.15. The molecular weight excluding hydrogens is 210 g/mol. The van der Waals surface area contributed by atoms with Crippen LogP contribution in [0.5, 0.6) is 0 Å². The molecule has 0 unspecified atom stereocenters. The van der Waals surface area contributed by atoms with E-state index in [0.717, 1.165) is 17.8 Å². The summed E-state index contributed by atoms with van der Waals surface area (Å²) in [4.78, 5) is 0. The summed E-state index contributed by atoms with van der Waals surface area (Å²) in [5.74, 6) is -1.43. The van der Waals surface area contributed by atoms with E-state index in [4.69, 9.17) is 5.73 Å². The van der Waals surface area contributed by atoms with Crippen molar-refractivity contribution in [2.75, 3.05) is 11.1 Å². The van der Waals surface area contributed by atoms with Crippen molar-refractivity contribution in [1.82, 2.24) is 0 Å². The summed E-state index contributed by atoms with van der Waals surface area (Å²) >= 11 is 0.